The van der Waals surface area contributed by atoms with Crippen molar-refractivity contribution in [3.8, 4) is 0 Å². The zero-order chi connectivity index (χ0) is 11.3. The summed E-state index contributed by atoms with van der Waals surface area (Å²) in [6.45, 7) is 4.63. The molecule has 4 heteroatoms. The Bertz CT molecular complexity index is 195. The summed E-state index contributed by atoms with van der Waals surface area (Å²) in [7, 11) is 0. The minimum atomic E-state index is -0.757. The standard InChI is InChI=1S/C11H20O4/c1-8-6-10(7-9(2)15-8)14-5-3-4-11(12)13/h8-10H,3-7H2,1-2H3,(H,12,13). The Morgan fingerprint density at radius 1 is 1.40 bits per heavy atom. The molecule has 1 saturated heterocycles. The molecule has 1 rings (SSSR count). The van der Waals surface area contributed by atoms with Gasteiger partial charge in [-0.25, -0.2) is 0 Å². The van der Waals surface area contributed by atoms with Gasteiger partial charge >= 0.3 is 5.97 Å². The van der Waals surface area contributed by atoms with Crippen molar-refractivity contribution in [1.29, 1.82) is 0 Å². The minimum absolute atomic E-state index is 0.189. The Morgan fingerprint density at radius 2 is 2.00 bits per heavy atom. The predicted octanol–water partition coefficient (Wildman–Crippen LogP) is 1.82. The van der Waals surface area contributed by atoms with Gasteiger partial charge in [0, 0.05) is 13.0 Å². The van der Waals surface area contributed by atoms with Crippen LogP contribution in [0.15, 0.2) is 0 Å². The van der Waals surface area contributed by atoms with Crippen LogP contribution in [-0.4, -0.2) is 36.0 Å². The van der Waals surface area contributed by atoms with Crippen LogP contribution in [0.1, 0.15) is 39.5 Å². The SMILES string of the molecule is CC1CC(OCCCC(=O)O)CC(C)O1. The van der Waals surface area contributed by atoms with Crippen molar-refractivity contribution in [2.75, 3.05) is 6.61 Å². The smallest absolute Gasteiger partial charge is 0.303 e. The molecule has 4 nitrogen and oxygen atoms in total. The molecule has 1 aliphatic rings. The van der Waals surface area contributed by atoms with Crippen molar-refractivity contribution in [3.63, 3.8) is 0 Å². The summed E-state index contributed by atoms with van der Waals surface area (Å²) >= 11 is 0. The first-order chi connectivity index (χ1) is 7.08. The molecule has 1 heterocycles. The summed E-state index contributed by atoms with van der Waals surface area (Å²) in [6, 6.07) is 0. The molecule has 0 aromatic rings. The Kier molecular flexibility index (Phi) is 5.05. The van der Waals surface area contributed by atoms with Crippen LogP contribution >= 0.6 is 0 Å². The van der Waals surface area contributed by atoms with Crippen LogP contribution in [0.5, 0.6) is 0 Å². The third kappa shape index (κ3) is 5.14. The lowest BCUT2D eigenvalue weighted by molar-refractivity contribution is -0.138. The molecule has 0 saturated carbocycles. The first-order valence-corrected chi connectivity index (χ1v) is 5.56. The summed E-state index contributed by atoms with van der Waals surface area (Å²) in [5.41, 5.74) is 0. The number of ether oxygens (including phenoxy) is 2. The third-order valence-corrected chi connectivity index (χ3v) is 2.54. The van der Waals surface area contributed by atoms with Gasteiger partial charge in [-0.3, -0.25) is 4.79 Å². The first-order valence-electron chi connectivity index (χ1n) is 5.56. The fourth-order valence-electron chi connectivity index (χ4n) is 1.95. The summed E-state index contributed by atoms with van der Waals surface area (Å²) < 4.78 is 11.2. The number of hydrogen-bond donors (Lipinski definition) is 1. The maximum Gasteiger partial charge on any atom is 0.303 e. The minimum Gasteiger partial charge on any atom is -0.481 e. The van der Waals surface area contributed by atoms with Gasteiger partial charge in [0.1, 0.15) is 0 Å². The van der Waals surface area contributed by atoms with E-state index in [0.717, 1.165) is 12.8 Å². The van der Waals surface area contributed by atoms with Crippen molar-refractivity contribution in [2.45, 2.75) is 57.8 Å². The lowest BCUT2D eigenvalue weighted by atomic mass is 10.0. The van der Waals surface area contributed by atoms with E-state index in [2.05, 4.69) is 0 Å². The molecule has 0 aromatic carbocycles. The second-order valence-corrected chi connectivity index (χ2v) is 4.22. The van der Waals surface area contributed by atoms with Crippen molar-refractivity contribution in [1.82, 2.24) is 0 Å². The van der Waals surface area contributed by atoms with E-state index in [-0.39, 0.29) is 24.7 Å². The van der Waals surface area contributed by atoms with Gasteiger partial charge in [-0.2, -0.15) is 0 Å². The van der Waals surface area contributed by atoms with Crippen molar-refractivity contribution < 1.29 is 19.4 Å². The van der Waals surface area contributed by atoms with Gasteiger partial charge < -0.3 is 14.6 Å². The average molecular weight is 216 g/mol. The number of carboxylic acid groups (broad SMARTS) is 1. The van der Waals surface area contributed by atoms with Gasteiger partial charge in [0.05, 0.1) is 18.3 Å². The zero-order valence-corrected chi connectivity index (χ0v) is 9.44. The highest BCUT2D eigenvalue weighted by Gasteiger charge is 2.24. The van der Waals surface area contributed by atoms with Crippen LogP contribution in [0.25, 0.3) is 0 Å². The Labute approximate surface area is 90.6 Å². The van der Waals surface area contributed by atoms with Gasteiger partial charge in [0.2, 0.25) is 0 Å². The second kappa shape index (κ2) is 6.08. The number of rotatable bonds is 5. The molecule has 0 amide bonds. The van der Waals surface area contributed by atoms with Gasteiger partial charge in [-0.15, -0.1) is 0 Å². The Balaban J connectivity index is 2.12. The highest BCUT2D eigenvalue weighted by atomic mass is 16.5. The van der Waals surface area contributed by atoms with Crippen LogP contribution in [-0.2, 0) is 14.3 Å². The molecule has 0 aliphatic carbocycles. The topological polar surface area (TPSA) is 55.8 Å². The number of hydrogen-bond acceptors (Lipinski definition) is 3. The van der Waals surface area contributed by atoms with E-state index in [1.54, 1.807) is 0 Å². The van der Waals surface area contributed by atoms with Crippen LogP contribution in [0.4, 0.5) is 0 Å². The van der Waals surface area contributed by atoms with Crippen molar-refractivity contribution in [3.05, 3.63) is 0 Å². The molecule has 88 valence electrons. The molecule has 0 radical (unpaired) electrons. The van der Waals surface area contributed by atoms with E-state index < -0.39 is 5.97 Å². The Morgan fingerprint density at radius 3 is 2.53 bits per heavy atom. The van der Waals surface area contributed by atoms with Gasteiger partial charge in [-0.1, -0.05) is 0 Å². The highest BCUT2D eigenvalue weighted by Crippen LogP contribution is 2.21. The van der Waals surface area contributed by atoms with E-state index in [0.29, 0.717) is 13.0 Å². The summed E-state index contributed by atoms with van der Waals surface area (Å²) in [5, 5.41) is 8.46. The molecule has 2 atom stereocenters. The van der Waals surface area contributed by atoms with E-state index >= 15 is 0 Å². The van der Waals surface area contributed by atoms with Crippen molar-refractivity contribution >= 4 is 5.97 Å². The maximum atomic E-state index is 10.3. The summed E-state index contributed by atoms with van der Waals surface area (Å²) in [6.07, 6.45) is 3.34. The molecule has 15 heavy (non-hydrogen) atoms. The van der Waals surface area contributed by atoms with E-state index in [1.165, 1.54) is 0 Å². The fourth-order valence-corrected chi connectivity index (χ4v) is 1.95. The van der Waals surface area contributed by atoms with Gasteiger partial charge in [0.15, 0.2) is 0 Å². The van der Waals surface area contributed by atoms with Gasteiger partial charge in [-0.05, 0) is 33.1 Å². The van der Waals surface area contributed by atoms with Crippen LogP contribution < -0.4 is 0 Å². The molecule has 0 spiro atoms. The maximum absolute atomic E-state index is 10.3. The van der Waals surface area contributed by atoms with Gasteiger partial charge in [0.25, 0.3) is 0 Å². The molecule has 1 aliphatic heterocycles. The zero-order valence-electron chi connectivity index (χ0n) is 9.44. The summed E-state index contributed by atoms with van der Waals surface area (Å²) in [5.74, 6) is -0.757. The second-order valence-electron chi connectivity index (χ2n) is 4.22. The van der Waals surface area contributed by atoms with E-state index in [1.807, 2.05) is 13.8 Å². The lowest BCUT2D eigenvalue weighted by Gasteiger charge is -2.31. The van der Waals surface area contributed by atoms with Crippen molar-refractivity contribution in [2.24, 2.45) is 0 Å². The molecule has 0 aromatic heterocycles. The average Bonchev–Trinajstić information content (AvgIpc) is 2.10. The largest absolute Gasteiger partial charge is 0.481 e. The quantitative estimate of drug-likeness (QED) is 0.712. The third-order valence-electron chi connectivity index (χ3n) is 2.54. The monoisotopic (exact) mass is 216 g/mol. The van der Waals surface area contributed by atoms with E-state index in [9.17, 15) is 4.79 Å². The van der Waals surface area contributed by atoms with Crippen LogP contribution in [0.2, 0.25) is 0 Å². The van der Waals surface area contributed by atoms with Crippen LogP contribution in [0, 0.1) is 0 Å². The predicted molar refractivity (Wildman–Crippen MR) is 55.9 cm³/mol. The molecular weight excluding hydrogens is 196 g/mol. The number of aliphatic carboxylic acids is 1. The molecule has 0 bridgehead atoms. The lowest BCUT2D eigenvalue weighted by Crippen LogP contribution is -2.34. The summed E-state index contributed by atoms with van der Waals surface area (Å²) in [4.78, 5) is 10.3. The first kappa shape index (κ1) is 12.5. The molecule has 1 N–H and O–H groups in total. The fraction of sp³-hybridized carbons (Fsp3) is 0.909. The number of carboxylic acids is 1. The molecular formula is C11H20O4. The van der Waals surface area contributed by atoms with Crippen LogP contribution in [0.3, 0.4) is 0 Å². The highest BCUT2D eigenvalue weighted by molar-refractivity contribution is 5.66. The Hall–Kier alpha value is -0.610. The molecule has 2 unspecified atom stereocenters. The molecule has 1 fully saturated rings. The number of carbonyl (C=O) groups is 1. The normalized spacial score (nSPS) is 31.5. The van der Waals surface area contributed by atoms with E-state index in [4.69, 9.17) is 14.6 Å².